The Morgan fingerprint density at radius 2 is 1.86 bits per heavy atom. The Hall–Kier alpha value is -2.41. The van der Waals surface area contributed by atoms with Gasteiger partial charge in [0.25, 0.3) is 0 Å². The lowest BCUT2D eigenvalue weighted by Gasteiger charge is -2.16. The van der Waals surface area contributed by atoms with E-state index in [1.54, 1.807) is 6.07 Å². The highest BCUT2D eigenvalue weighted by Gasteiger charge is 2.20. The van der Waals surface area contributed by atoms with Crippen molar-refractivity contribution in [3.05, 3.63) is 76.6 Å². The summed E-state index contributed by atoms with van der Waals surface area (Å²) in [5.74, 6) is 0. The SMILES string of the molecule is N#Cc1ccnc(Cl)c1[C@H](O)c1cccc2ccccc12. The molecule has 0 aliphatic heterocycles. The average Bonchev–Trinajstić information content (AvgIpc) is 2.53. The molecule has 0 radical (unpaired) electrons. The molecule has 0 saturated heterocycles. The van der Waals surface area contributed by atoms with E-state index in [1.165, 1.54) is 6.20 Å². The molecule has 1 heterocycles. The lowest BCUT2D eigenvalue weighted by atomic mass is 9.94. The first-order valence-corrected chi connectivity index (χ1v) is 6.80. The van der Waals surface area contributed by atoms with Gasteiger partial charge in [0, 0.05) is 11.8 Å². The van der Waals surface area contributed by atoms with Gasteiger partial charge in [-0.2, -0.15) is 5.26 Å². The minimum atomic E-state index is -0.994. The monoisotopic (exact) mass is 294 g/mol. The summed E-state index contributed by atoms with van der Waals surface area (Å²) in [5, 5.41) is 22.0. The quantitative estimate of drug-likeness (QED) is 0.731. The summed E-state index contributed by atoms with van der Waals surface area (Å²) in [6.45, 7) is 0. The normalized spacial score (nSPS) is 12.0. The molecule has 1 aromatic heterocycles. The second kappa shape index (κ2) is 5.53. The molecule has 0 spiro atoms. The molecule has 0 bridgehead atoms. The number of aromatic nitrogens is 1. The molecule has 3 nitrogen and oxygen atoms in total. The first kappa shape index (κ1) is 13.6. The van der Waals surface area contributed by atoms with Gasteiger partial charge in [0.15, 0.2) is 0 Å². The van der Waals surface area contributed by atoms with Gasteiger partial charge in [-0.1, -0.05) is 54.1 Å². The Kier molecular flexibility index (Phi) is 3.57. The molecule has 3 aromatic rings. The molecule has 3 rings (SSSR count). The zero-order valence-electron chi connectivity index (χ0n) is 11.0. The first-order chi connectivity index (χ1) is 10.2. The molecular formula is C17H11ClN2O. The van der Waals surface area contributed by atoms with Crippen LogP contribution in [0.4, 0.5) is 0 Å². The van der Waals surface area contributed by atoms with Gasteiger partial charge in [-0.15, -0.1) is 0 Å². The van der Waals surface area contributed by atoms with E-state index in [0.29, 0.717) is 16.7 Å². The maximum atomic E-state index is 10.7. The summed E-state index contributed by atoms with van der Waals surface area (Å²) >= 11 is 6.08. The van der Waals surface area contributed by atoms with Gasteiger partial charge in [-0.3, -0.25) is 0 Å². The molecule has 0 saturated carbocycles. The Labute approximate surface area is 127 Å². The van der Waals surface area contributed by atoms with Crippen LogP contribution in [0.15, 0.2) is 54.7 Å². The van der Waals surface area contributed by atoms with Gasteiger partial charge in [0.1, 0.15) is 11.3 Å². The minimum absolute atomic E-state index is 0.148. The Bertz CT molecular complexity index is 850. The van der Waals surface area contributed by atoms with E-state index in [9.17, 15) is 10.4 Å². The van der Waals surface area contributed by atoms with Crippen LogP contribution in [-0.2, 0) is 0 Å². The number of fused-ring (bicyclic) bond motifs is 1. The van der Waals surface area contributed by atoms with Crippen LogP contribution in [0.2, 0.25) is 5.15 Å². The number of aliphatic hydroxyl groups is 1. The maximum Gasteiger partial charge on any atom is 0.136 e. The van der Waals surface area contributed by atoms with E-state index in [0.717, 1.165) is 10.8 Å². The van der Waals surface area contributed by atoms with Crippen molar-refractivity contribution >= 4 is 22.4 Å². The van der Waals surface area contributed by atoms with Crippen molar-refractivity contribution in [1.29, 1.82) is 5.26 Å². The van der Waals surface area contributed by atoms with Gasteiger partial charge in [0.05, 0.1) is 11.6 Å². The third-order valence-corrected chi connectivity index (χ3v) is 3.75. The van der Waals surface area contributed by atoms with Crippen LogP contribution in [0.25, 0.3) is 10.8 Å². The third kappa shape index (κ3) is 2.36. The molecule has 2 aromatic carbocycles. The van der Waals surface area contributed by atoms with Gasteiger partial charge in [0.2, 0.25) is 0 Å². The summed E-state index contributed by atoms with van der Waals surface area (Å²) < 4.78 is 0. The number of rotatable bonds is 2. The average molecular weight is 295 g/mol. The Balaban J connectivity index is 2.23. The molecule has 0 amide bonds. The molecule has 0 fully saturated rings. The lowest BCUT2D eigenvalue weighted by Crippen LogP contribution is -2.05. The fourth-order valence-corrected chi connectivity index (χ4v) is 2.71. The highest BCUT2D eigenvalue weighted by Crippen LogP contribution is 2.33. The van der Waals surface area contributed by atoms with E-state index in [1.807, 2.05) is 42.5 Å². The predicted molar refractivity (Wildman–Crippen MR) is 82.0 cm³/mol. The van der Waals surface area contributed by atoms with Crippen molar-refractivity contribution < 1.29 is 5.11 Å². The topological polar surface area (TPSA) is 56.9 Å². The molecule has 0 aliphatic rings. The van der Waals surface area contributed by atoms with Gasteiger partial charge in [-0.05, 0) is 22.4 Å². The van der Waals surface area contributed by atoms with E-state index >= 15 is 0 Å². The van der Waals surface area contributed by atoms with Crippen LogP contribution in [0, 0.1) is 11.3 Å². The molecular weight excluding hydrogens is 284 g/mol. The zero-order valence-corrected chi connectivity index (χ0v) is 11.7. The number of aliphatic hydroxyl groups excluding tert-OH is 1. The number of pyridine rings is 1. The smallest absolute Gasteiger partial charge is 0.136 e. The van der Waals surface area contributed by atoms with E-state index < -0.39 is 6.10 Å². The number of nitriles is 1. The molecule has 102 valence electrons. The van der Waals surface area contributed by atoms with Crippen molar-refractivity contribution in [2.75, 3.05) is 0 Å². The highest BCUT2D eigenvalue weighted by atomic mass is 35.5. The molecule has 0 unspecified atom stereocenters. The molecule has 4 heteroatoms. The first-order valence-electron chi connectivity index (χ1n) is 6.42. The highest BCUT2D eigenvalue weighted by molar-refractivity contribution is 6.30. The summed E-state index contributed by atoms with van der Waals surface area (Å²) in [6, 6.07) is 17.0. The predicted octanol–water partition coefficient (Wildman–Crippen LogP) is 3.84. The lowest BCUT2D eigenvalue weighted by molar-refractivity contribution is 0.221. The molecule has 1 N–H and O–H groups in total. The number of hydrogen-bond donors (Lipinski definition) is 1. The molecule has 1 atom stereocenters. The van der Waals surface area contributed by atoms with E-state index in [2.05, 4.69) is 11.1 Å². The molecule has 0 aliphatic carbocycles. The summed E-state index contributed by atoms with van der Waals surface area (Å²) in [6.07, 6.45) is 0.465. The summed E-state index contributed by atoms with van der Waals surface area (Å²) in [4.78, 5) is 3.97. The van der Waals surface area contributed by atoms with Gasteiger partial charge < -0.3 is 5.11 Å². The summed E-state index contributed by atoms with van der Waals surface area (Å²) in [5.41, 5.74) is 1.38. The fourth-order valence-electron chi connectivity index (χ4n) is 2.45. The van der Waals surface area contributed by atoms with E-state index in [4.69, 9.17) is 11.6 Å². The van der Waals surface area contributed by atoms with Crippen LogP contribution in [0.3, 0.4) is 0 Å². The van der Waals surface area contributed by atoms with Crippen molar-refractivity contribution in [3.8, 4) is 6.07 Å². The largest absolute Gasteiger partial charge is 0.383 e. The van der Waals surface area contributed by atoms with Crippen LogP contribution < -0.4 is 0 Å². The maximum absolute atomic E-state index is 10.7. The van der Waals surface area contributed by atoms with Gasteiger partial charge in [-0.25, -0.2) is 4.98 Å². The third-order valence-electron chi connectivity index (χ3n) is 3.45. The van der Waals surface area contributed by atoms with Crippen LogP contribution in [0.1, 0.15) is 22.8 Å². The minimum Gasteiger partial charge on any atom is -0.383 e. The van der Waals surface area contributed by atoms with Crippen LogP contribution in [0.5, 0.6) is 0 Å². The Morgan fingerprint density at radius 1 is 1.10 bits per heavy atom. The van der Waals surface area contributed by atoms with Crippen molar-refractivity contribution in [3.63, 3.8) is 0 Å². The standard InChI is InChI=1S/C17H11ClN2O/c18-17-15(12(10-19)8-9-20-17)16(21)14-7-3-5-11-4-1-2-6-13(11)14/h1-9,16,21H/t16-/m1/s1. The van der Waals surface area contributed by atoms with E-state index in [-0.39, 0.29) is 5.15 Å². The second-order valence-electron chi connectivity index (χ2n) is 4.65. The van der Waals surface area contributed by atoms with Crippen molar-refractivity contribution in [2.45, 2.75) is 6.10 Å². The number of hydrogen-bond acceptors (Lipinski definition) is 3. The van der Waals surface area contributed by atoms with Crippen LogP contribution >= 0.6 is 11.6 Å². The molecule has 21 heavy (non-hydrogen) atoms. The van der Waals surface area contributed by atoms with Gasteiger partial charge >= 0.3 is 0 Å². The summed E-state index contributed by atoms with van der Waals surface area (Å²) in [7, 11) is 0. The zero-order chi connectivity index (χ0) is 14.8. The Morgan fingerprint density at radius 3 is 2.67 bits per heavy atom. The van der Waals surface area contributed by atoms with Crippen LogP contribution in [-0.4, -0.2) is 10.1 Å². The number of benzene rings is 2. The number of halogens is 1. The number of nitrogens with zero attached hydrogens (tertiary/aromatic N) is 2. The van der Waals surface area contributed by atoms with Crippen molar-refractivity contribution in [1.82, 2.24) is 4.98 Å². The fraction of sp³-hybridized carbons (Fsp3) is 0.0588. The van der Waals surface area contributed by atoms with Crippen molar-refractivity contribution in [2.24, 2.45) is 0 Å². The second-order valence-corrected chi connectivity index (χ2v) is 5.00.